The lowest BCUT2D eigenvalue weighted by Crippen LogP contribution is -2.53. The van der Waals surface area contributed by atoms with Gasteiger partial charge in [-0.25, -0.2) is 4.99 Å². The van der Waals surface area contributed by atoms with Crippen LogP contribution in [0.2, 0.25) is 0 Å². The largest absolute Gasteiger partial charge is 0.353 e. The van der Waals surface area contributed by atoms with Crippen molar-refractivity contribution >= 4 is 23.6 Å². The molecule has 2 aliphatic rings. The highest BCUT2D eigenvalue weighted by molar-refractivity contribution is 8.00. The van der Waals surface area contributed by atoms with Gasteiger partial charge in [-0.05, 0) is 12.8 Å². The number of nitrogens with zero attached hydrogens (tertiary/aromatic N) is 3. The number of guanidine groups is 1. The van der Waals surface area contributed by atoms with Crippen LogP contribution in [0.5, 0.6) is 0 Å². The van der Waals surface area contributed by atoms with E-state index < -0.39 is 0 Å². The van der Waals surface area contributed by atoms with E-state index in [1.165, 1.54) is 32.1 Å². The molecule has 0 bridgehead atoms. The fourth-order valence-electron chi connectivity index (χ4n) is 3.24. The zero-order valence-electron chi connectivity index (χ0n) is 14.5. The Hall–Kier alpha value is -1.17. The first-order valence-corrected chi connectivity index (χ1v) is 9.53. The van der Waals surface area contributed by atoms with Crippen LogP contribution in [0.25, 0.3) is 0 Å². The molecule has 0 aromatic heterocycles. The number of likely N-dealkylation sites (N-methyl/N-ethyl adjacent to an activating group) is 1. The highest BCUT2D eigenvalue weighted by Gasteiger charge is 2.38. The molecule has 6 heteroatoms. The van der Waals surface area contributed by atoms with Crippen LogP contribution in [0.15, 0.2) is 17.6 Å². The topological polar surface area (TPSA) is 47.9 Å². The number of nitrogens with one attached hydrogen (secondary N) is 1. The molecule has 1 N–H and O–H groups in total. The predicted molar refractivity (Wildman–Crippen MR) is 99.0 cm³/mol. The smallest absolute Gasteiger partial charge is 0.243 e. The first-order chi connectivity index (χ1) is 11.1. The number of amides is 1. The quantitative estimate of drug-likeness (QED) is 0.484. The SMILES string of the molecule is C=CCNC(=NCC(=O)N(C)C)N1CCSC2(CCCCC2)C1. The molecule has 0 aromatic rings. The molecule has 5 nitrogen and oxygen atoms in total. The van der Waals surface area contributed by atoms with Gasteiger partial charge >= 0.3 is 0 Å². The summed E-state index contributed by atoms with van der Waals surface area (Å²) in [4.78, 5) is 20.3. The van der Waals surface area contributed by atoms with Gasteiger partial charge in [-0.1, -0.05) is 25.3 Å². The second-order valence-electron chi connectivity index (χ2n) is 6.61. The van der Waals surface area contributed by atoms with Crippen molar-refractivity contribution < 1.29 is 4.79 Å². The van der Waals surface area contributed by atoms with Crippen molar-refractivity contribution in [2.75, 3.05) is 46.0 Å². The van der Waals surface area contributed by atoms with Crippen molar-refractivity contribution in [1.29, 1.82) is 0 Å². The van der Waals surface area contributed by atoms with E-state index in [2.05, 4.69) is 33.5 Å². The number of carbonyl (C=O) groups excluding carboxylic acids is 1. The van der Waals surface area contributed by atoms with Gasteiger partial charge in [0.2, 0.25) is 5.91 Å². The van der Waals surface area contributed by atoms with Gasteiger partial charge in [0, 0.05) is 44.2 Å². The lowest BCUT2D eigenvalue weighted by molar-refractivity contribution is -0.127. The predicted octanol–water partition coefficient (Wildman–Crippen LogP) is 1.96. The van der Waals surface area contributed by atoms with Crippen molar-refractivity contribution in [2.24, 2.45) is 4.99 Å². The van der Waals surface area contributed by atoms with Crippen LogP contribution < -0.4 is 5.32 Å². The molecule has 0 radical (unpaired) electrons. The summed E-state index contributed by atoms with van der Waals surface area (Å²) in [5.41, 5.74) is 0. The van der Waals surface area contributed by atoms with Gasteiger partial charge in [0.25, 0.3) is 0 Å². The maximum Gasteiger partial charge on any atom is 0.243 e. The van der Waals surface area contributed by atoms with Gasteiger partial charge < -0.3 is 15.1 Å². The normalized spacial score (nSPS) is 21.1. The lowest BCUT2D eigenvalue weighted by Gasteiger charge is -2.45. The Bertz CT molecular complexity index is 438. The number of aliphatic imine (C=N–C) groups is 1. The van der Waals surface area contributed by atoms with Crippen molar-refractivity contribution in [3.63, 3.8) is 0 Å². The fourth-order valence-corrected chi connectivity index (χ4v) is 4.81. The van der Waals surface area contributed by atoms with Gasteiger partial charge in [0.1, 0.15) is 6.54 Å². The molecule has 1 saturated heterocycles. The zero-order valence-corrected chi connectivity index (χ0v) is 15.3. The molecule has 23 heavy (non-hydrogen) atoms. The van der Waals surface area contributed by atoms with E-state index in [0.29, 0.717) is 11.3 Å². The Labute approximate surface area is 144 Å². The van der Waals surface area contributed by atoms with Gasteiger partial charge in [-0.2, -0.15) is 11.8 Å². The molecule has 1 aliphatic heterocycles. The maximum absolute atomic E-state index is 11.8. The van der Waals surface area contributed by atoms with Gasteiger partial charge in [-0.3, -0.25) is 4.79 Å². The molecule has 1 heterocycles. The highest BCUT2D eigenvalue weighted by atomic mass is 32.2. The van der Waals surface area contributed by atoms with Crippen LogP contribution in [-0.4, -0.2) is 72.4 Å². The maximum atomic E-state index is 11.8. The third-order valence-corrected chi connectivity index (χ3v) is 6.12. The first-order valence-electron chi connectivity index (χ1n) is 8.55. The Morgan fingerprint density at radius 3 is 2.78 bits per heavy atom. The Morgan fingerprint density at radius 2 is 2.13 bits per heavy atom. The zero-order chi connectivity index (χ0) is 16.7. The van der Waals surface area contributed by atoms with Gasteiger partial charge in [-0.15, -0.1) is 6.58 Å². The second kappa shape index (κ2) is 8.62. The van der Waals surface area contributed by atoms with E-state index in [1.54, 1.807) is 19.0 Å². The number of hydrogen-bond acceptors (Lipinski definition) is 3. The fraction of sp³-hybridized carbons (Fsp3) is 0.765. The molecular formula is C17H30N4OS. The van der Waals surface area contributed by atoms with Crippen LogP contribution in [0.1, 0.15) is 32.1 Å². The van der Waals surface area contributed by atoms with E-state index in [0.717, 1.165) is 24.8 Å². The Morgan fingerprint density at radius 1 is 1.39 bits per heavy atom. The molecule has 1 amide bonds. The summed E-state index contributed by atoms with van der Waals surface area (Å²) >= 11 is 2.14. The number of thioether (sulfide) groups is 1. The summed E-state index contributed by atoms with van der Waals surface area (Å²) in [7, 11) is 3.53. The van der Waals surface area contributed by atoms with Crippen LogP contribution >= 0.6 is 11.8 Å². The van der Waals surface area contributed by atoms with Crippen molar-refractivity contribution in [2.45, 2.75) is 36.9 Å². The summed E-state index contributed by atoms with van der Waals surface area (Å²) in [6.45, 7) is 6.67. The number of carbonyl (C=O) groups is 1. The van der Waals surface area contributed by atoms with Crippen molar-refractivity contribution in [3.05, 3.63) is 12.7 Å². The number of rotatable bonds is 4. The molecule has 0 atom stereocenters. The first kappa shape index (κ1) is 18.2. The Balaban J connectivity index is 2.05. The molecule has 1 saturated carbocycles. The average molecular weight is 339 g/mol. The van der Waals surface area contributed by atoms with Crippen molar-refractivity contribution in [3.8, 4) is 0 Å². The highest BCUT2D eigenvalue weighted by Crippen LogP contribution is 2.42. The lowest BCUT2D eigenvalue weighted by atomic mass is 9.87. The van der Waals surface area contributed by atoms with Crippen LogP contribution in [0.4, 0.5) is 0 Å². The third-order valence-electron chi connectivity index (χ3n) is 4.58. The summed E-state index contributed by atoms with van der Waals surface area (Å²) in [6, 6.07) is 0. The minimum Gasteiger partial charge on any atom is -0.353 e. The van der Waals surface area contributed by atoms with Crippen LogP contribution in [0.3, 0.4) is 0 Å². The summed E-state index contributed by atoms with van der Waals surface area (Å²) in [5.74, 6) is 2.02. The molecule has 2 rings (SSSR count). The molecular weight excluding hydrogens is 308 g/mol. The van der Waals surface area contributed by atoms with E-state index in [-0.39, 0.29) is 12.5 Å². The average Bonchev–Trinajstić information content (AvgIpc) is 2.55. The van der Waals surface area contributed by atoms with Crippen molar-refractivity contribution in [1.82, 2.24) is 15.1 Å². The minimum atomic E-state index is 0.0293. The minimum absolute atomic E-state index is 0.0293. The summed E-state index contributed by atoms with van der Waals surface area (Å²) < 4.78 is 0.388. The van der Waals surface area contributed by atoms with E-state index in [9.17, 15) is 4.79 Å². The molecule has 1 aliphatic carbocycles. The van der Waals surface area contributed by atoms with Crippen LogP contribution in [-0.2, 0) is 4.79 Å². The van der Waals surface area contributed by atoms with E-state index >= 15 is 0 Å². The standard InChI is InChI=1S/C17H30N4OS/c1-4-10-18-16(19-13-15(22)20(2)3)21-11-12-23-17(14-21)8-6-5-7-9-17/h4H,1,5-14H2,2-3H3,(H,18,19). The third kappa shape index (κ3) is 5.16. The summed E-state index contributed by atoms with van der Waals surface area (Å²) in [6.07, 6.45) is 8.49. The Kier molecular flexibility index (Phi) is 6.81. The van der Waals surface area contributed by atoms with Gasteiger partial charge in [0.15, 0.2) is 5.96 Å². The number of hydrogen-bond donors (Lipinski definition) is 1. The summed E-state index contributed by atoms with van der Waals surface area (Å²) in [5, 5.41) is 3.33. The molecule has 0 aromatic carbocycles. The monoisotopic (exact) mass is 338 g/mol. The van der Waals surface area contributed by atoms with Gasteiger partial charge in [0.05, 0.1) is 0 Å². The molecule has 1 spiro atoms. The van der Waals surface area contributed by atoms with E-state index in [1.807, 2.05) is 6.08 Å². The molecule has 0 unspecified atom stereocenters. The molecule has 130 valence electrons. The molecule has 2 fully saturated rings. The van der Waals surface area contributed by atoms with Crippen LogP contribution in [0, 0.1) is 0 Å². The van der Waals surface area contributed by atoms with E-state index in [4.69, 9.17) is 0 Å². The second-order valence-corrected chi connectivity index (χ2v) is 8.17.